The number of aromatic nitrogens is 4. The van der Waals surface area contributed by atoms with Crippen molar-refractivity contribution in [1.29, 1.82) is 0 Å². The molecule has 0 radical (unpaired) electrons. The van der Waals surface area contributed by atoms with Gasteiger partial charge in [0.1, 0.15) is 11.0 Å². The molecule has 2 aromatic rings. The number of nitrogens with one attached hydrogen (secondary N) is 2. The monoisotopic (exact) mass is 334 g/mol. The molecule has 0 bridgehead atoms. The van der Waals surface area contributed by atoms with E-state index in [9.17, 15) is 18.0 Å². The molecular weight excluding hydrogens is 321 g/mol. The van der Waals surface area contributed by atoms with E-state index < -0.39 is 24.5 Å². The van der Waals surface area contributed by atoms with Crippen LogP contribution in [-0.4, -0.2) is 39.1 Å². The van der Waals surface area contributed by atoms with Gasteiger partial charge in [-0.25, -0.2) is 0 Å². The number of carbonyl (C=O) groups excluding carboxylic acids is 1. The summed E-state index contributed by atoms with van der Waals surface area (Å²) in [5, 5.41) is 16.0. The molecule has 2 aromatic heterocycles. The van der Waals surface area contributed by atoms with Gasteiger partial charge in [0.05, 0.1) is 12.6 Å². The molecule has 0 spiro atoms. The molecule has 11 heteroatoms. The molecule has 0 aromatic carbocycles. The maximum atomic E-state index is 12.3. The minimum absolute atomic E-state index is 0.0217. The van der Waals surface area contributed by atoms with E-state index in [1.54, 1.807) is 25.0 Å². The van der Waals surface area contributed by atoms with Crippen LogP contribution in [0.2, 0.25) is 0 Å². The van der Waals surface area contributed by atoms with Crippen molar-refractivity contribution in [1.82, 2.24) is 25.3 Å². The summed E-state index contributed by atoms with van der Waals surface area (Å²) >= 11 is 0.694. The Morgan fingerprint density at radius 2 is 2.18 bits per heavy atom. The number of halogens is 3. The van der Waals surface area contributed by atoms with Crippen molar-refractivity contribution in [3.8, 4) is 0 Å². The van der Waals surface area contributed by atoms with Crippen LogP contribution in [0.25, 0.3) is 0 Å². The average Bonchev–Trinajstić information content (AvgIpc) is 2.98. The maximum Gasteiger partial charge on any atom is 0.395 e. The predicted octanol–water partition coefficient (Wildman–Crippen LogP) is 1.28. The van der Waals surface area contributed by atoms with Crippen LogP contribution in [0, 0.1) is 0 Å². The number of hydrogen-bond acceptors (Lipinski definition) is 6. The highest BCUT2D eigenvalue weighted by atomic mass is 32.1. The van der Waals surface area contributed by atoms with Gasteiger partial charge in [-0.3, -0.25) is 14.8 Å². The summed E-state index contributed by atoms with van der Waals surface area (Å²) in [6, 6.07) is -0.691. The van der Waals surface area contributed by atoms with Crippen molar-refractivity contribution >= 4 is 22.4 Å². The predicted molar refractivity (Wildman–Crippen MR) is 73.3 cm³/mol. The Labute approximate surface area is 127 Å². The molecule has 2 heterocycles. The number of aryl methyl sites for hydroxylation is 1. The fraction of sp³-hybridized carbons (Fsp3) is 0.455. The maximum absolute atomic E-state index is 12.3. The minimum Gasteiger partial charge on any atom is -0.305 e. The Morgan fingerprint density at radius 3 is 2.73 bits per heavy atom. The number of carbonyl (C=O) groups is 1. The third-order valence-corrected chi connectivity index (χ3v) is 3.50. The average molecular weight is 334 g/mol. The number of hydrogen-bond donors (Lipinski definition) is 2. The van der Waals surface area contributed by atoms with Gasteiger partial charge < -0.3 is 5.32 Å². The molecule has 120 valence electrons. The lowest BCUT2D eigenvalue weighted by molar-refractivity contribution is -0.127. The van der Waals surface area contributed by atoms with Crippen LogP contribution in [0.3, 0.4) is 0 Å². The molecule has 0 saturated carbocycles. The van der Waals surface area contributed by atoms with E-state index in [1.807, 2.05) is 0 Å². The number of rotatable bonds is 5. The fourth-order valence-electron chi connectivity index (χ4n) is 1.76. The van der Waals surface area contributed by atoms with Gasteiger partial charge in [0.15, 0.2) is 0 Å². The number of anilines is 1. The van der Waals surface area contributed by atoms with Gasteiger partial charge >= 0.3 is 6.18 Å². The zero-order chi connectivity index (χ0) is 16.3. The van der Waals surface area contributed by atoms with Crippen LogP contribution in [0.5, 0.6) is 0 Å². The number of nitrogens with zero attached hydrogens (tertiary/aromatic N) is 4. The molecule has 22 heavy (non-hydrogen) atoms. The summed E-state index contributed by atoms with van der Waals surface area (Å²) in [5.74, 6) is -0.454. The van der Waals surface area contributed by atoms with Crippen molar-refractivity contribution in [2.75, 3.05) is 12.4 Å². The largest absolute Gasteiger partial charge is 0.395 e. The number of alkyl halides is 3. The van der Waals surface area contributed by atoms with Crippen molar-refractivity contribution in [2.45, 2.75) is 18.6 Å². The van der Waals surface area contributed by atoms with Gasteiger partial charge in [-0.05, 0) is 7.05 Å². The van der Waals surface area contributed by atoms with E-state index in [0.29, 0.717) is 16.9 Å². The van der Waals surface area contributed by atoms with E-state index in [4.69, 9.17) is 0 Å². The Bertz CT molecular complexity index is 652. The molecule has 0 aliphatic rings. The van der Waals surface area contributed by atoms with Crippen LogP contribution in [0.1, 0.15) is 16.6 Å². The number of likely N-dealkylation sites (N-methyl/N-ethyl adjacent to an activating group) is 1. The molecule has 1 atom stereocenters. The standard InChI is InChI=1S/C11H13F3N6OS/c1-15-8(6-4-16-20(2)5-6)9(21)17-10-19-18-7(22-10)3-11(12,13)14/h4-5,8,15H,3H2,1-2H3,(H,17,19,21). The second kappa shape index (κ2) is 6.40. The second-order valence-corrected chi connectivity index (χ2v) is 5.51. The van der Waals surface area contributed by atoms with Crippen molar-refractivity contribution in [3.63, 3.8) is 0 Å². The SMILES string of the molecule is CNC(C(=O)Nc1nnc(CC(F)(F)F)s1)c1cnn(C)c1. The van der Waals surface area contributed by atoms with E-state index in [1.165, 1.54) is 6.20 Å². The zero-order valence-electron chi connectivity index (χ0n) is 11.7. The first kappa shape index (κ1) is 16.4. The third kappa shape index (κ3) is 4.24. The third-order valence-electron chi connectivity index (χ3n) is 2.66. The summed E-state index contributed by atoms with van der Waals surface area (Å²) in [6.07, 6.45) is -2.34. The topological polar surface area (TPSA) is 84.7 Å². The molecule has 1 amide bonds. The molecule has 0 aliphatic heterocycles. The molecule has 7 nitrogen and oxygen atoms in total. The molecule has 1 unspecified atom stereocenters. The van der Waals surface area contributed by atoms with Gasteiger partial charge in [0.25, 0.3) is 0 Å². The first-order valence-electron chi connectivity index (χ1n) is 6.14. The van der Waals surface area contributed by atoms with Crippen LogP contribution in [-0.2, 0) is 18.3 Å². The minimum atomic E-state index is -4.36. The summed E-state index contributed by atoms with van der Waals surface area (Å²) in [6.45, 7) is 0. The van der Waals surface area contributed by atoms with Crippen molar-refractivity contribution in [3.05, 3.63) is 23.0 Å². The summed E-state index contributed by atoms with van der Waals surface area (Å²) < 4.78 is 38.3. The van der Waals surface area contributed by atoms with Gasteiger partial charge in [0.2, 0.25) is 11.0 Å². The van der Waals surface area contributed by atoms with Gasteiger partial charge in [0, 0.05) is 18.8 Å². The number of amides is 1. The fourth-order valence-corrected chi connectivity index (χ4v) is 2.54. The Morgan fingerprint density at radius 1 is 1.45 bits per heavy atom. The van der Waals surface area contributed by atoms with Crippen molar-refractivity contribution < 1.29 is 18.0 Å². The van der Waals surface area contributed by atoms with Crippen molar-refractivity contribution in [2.24, 2.45) is 7.05 Å². The molecule has 0 aliphatic carbocycles. The molecule has 2 N–H and O–H groups in total. The highest BCUT2D eigenvalue weighted by Crippen LogP contribution is 2.25. The van der Waals surface area contributed by atoms with Crippen LogP contribution < -0.4 is 10.6 Å². The first-order chi connectivity index (χ1) is 10.3. The highest BCUT2D eigenvalue weighted by molar-refractivity contribution is 7.15. The van der Waals surface area contributed by atoms with E-state index in [2.05, 4.69) is 25.9 Å². The van der Waals surface area contributed by atoms with Gasteiger partial charge in [-0.1, -0.05) is 11.3 Å². The summed E-state index contributed by atoms with van der Waals surface area (Å²) in [5.41, 5.74) is 0.627. The summed E-state index contributed by atoms with van der Waals surface area (Å²) in [7, 11) is 3.30. The van der Waals surface area contributed by atoms with Crippen LogP contribution in [0.15, 0.2) is 12.4 Å². The first-order valence-corrected chi connectivity index (χ1v) is 6.96. The molecule has 0 fully saturated rings. The van der Waals surface area contributed by atoms with Crippen LogP contribution in [0.4, 0.5) is 18.3 Å². The van der Waals surface area contributed by atoms with E-state index in [-0.39, 0.29) is 10.1 Å². The normalized spacial score (nSPS) is 13.1. The lowest BCUT2D eigenvalue weighted by Gasteiger charge is -2.12. The highest BCUT2D eigenvalue weighted by Gasteiger charge is 2.30. The van der Waals surface area contributed by atoms with E-state index >= 15 is 0 Å². The molecular formula is C11H13F3N6OS. The second-order valence-electron chi connectivity index (χ2n) is 4.45. The lowest BCUT2D eigenvalue weighted by atomic mass is 10.1. The molecule has 0 saturated heterocycles. The Kier molecular flexibility index (Phi) is 4.76. The zero-order valence-corrected chi connectivity index (χ0v) is 12.5. The Balaban J connectivity index is 2.04. The quantitative estimate of drug-likeness (QED) is 0.860. The molecule has 2 rings (SSSR count). The van der Waals surface area contributed by atoms with Gasteiger partial charge in [-0.15, -0.1) is 10.2 Å². The lowest BCUT2D eigenvalue weighted by Crippen LogP contribution is -2.30. The van der Waals surface area contributed by atoms with E-state index in [0.717, 1.165) is 0 Å². The Hall–Kier alpha value is -2.01. The summed E-state index contributed by atoms with van der Waals surface area (Å²) in [4.78, 5) is 12.2. The van der Waals surface area contributed by atoms with Crippen LogP contribution >= 0.6 is 11.3 Å². The smallest absolute Gasteiger partial charge is 0.305 e. The van der Waals surface area contributed by atoms with Gasteiger partial charge in [-0.2, -0.15) is 18.3 Å².